The standard InChI is InChI=1S/C17H24N2O3.ClH/c18-14-4-6-15(7-5-14)22-16-3-1-2-13(12-16)17(20)19-8-10-21-11-9-19;/h1-3,12,14-15H,4-11,18H2;1H. The topological polar surface area (TPSA) is 64.8 Å². The van der Waals surface area contributed by atoms with Gasteiger partial charge >= 0.3 is 0 Å². The molecular weight excluding hydrogens is 316 g/mol. The van der Waals surface area contributed by atoms with Crippen LogP contribution in [-0.4, -0.2) is 49.3 Å². The average Bonchev–Trinajstić information content (AvgIpc) is 2.57. The van der Waals surface area contributed by atoms with E-state index in [1.165, 1.54) is 0 Å². The predicted octanol–water partition coefficient (Wildman–Crippen LogP) is 2.23. The lowest BCUT2D eigenvalue weighted by Gasteiger charge is -2.28. The van der Waals surface area contributed by atoms with Gasteiger partial charge in [-0.25, -0.2) is 0 Å². The monoisotopic (exact) mass is 340 g/mol. The largest absolute Gasteiger partial charge is 0.490 e. The maximum atomic E-state index is 12.5. The van der Waals surface area contributed by atoms with Crippen molar-refractivity contribution in [2.24, 2.45) is 5.73 Å². The Labute approximate surface area is 143 Å². The van der Waals surface area contributed by atoms with Gasteiger partial charge in [-0.05, 0) is 43.9 Å². The van der Waals surface area contributed by atoms with E-state index in [0.717, 1.165) is 31.4 Å². The van der Waals surface area contributed by atoms with Gasteiger partial charge in [-0.3, -0.25) is 4.79 Å². The molecule has 2 N–H and O–H groups in total. The first-order chi connectivity index (χ1) is 10.7. The van der Waals surface area contributed by atoms with Crippen LogP contribution in [0.2, 0.25) is 0 Å². The zero-order valence-corrected chi connectivity index (χ0v) is 14.1. The van der Waals surface area contributed by atoms with Gasteiger partial charge in [0.05, 0.1) is 19.3 Å². The summed E-state index contributed by atoms with van der Waals surface area (Å²) >= 11 is 0. The van der Waals surface area contributed by atoms with Gasteiger partial charge in [0.25, 0.3) is 5.91 Å². The molecule has 1 aliphatic heterocycles. The van der Waals surface area contributed by atoms with E-state index < -0.39 is 0 Å². The summed E-state index contributed by atoms with van der Waals surface area (Å²) in [5, 5.41) is 0. The van der Waals surface area contributed by atoms with Crippen molar-refractivity contribution in [1.29, 1.82) is 0 Å². The van der Waals surface area contributed by atoms with Crippen LogP contribution in [0.15, 0.2) is 24.3 Å². The quantitative estimate of drug-likeness (QED) is 0.916. The Balaban J connectivity index is 0.00000192. The van der Waals surface area contributed by atoms with E-state index in [2.05, 4.69) is 0 Å². The summed E-state index contributed by atoms with van der Waals surface area (Å²) in [6, 6.07) is 7.82. The molecule has 1 aliphatic carbocycles. The minimum Gasteiger partial charge on any atom is -0.490 e. The number of nitrogens with zero attached hydrogens (tertiary/aromatic N) is 1. The van der Waals surface area contributed by atoms with Crippen molar-refractivity contribution in [1.82, 2.24) is 4.90 Å². The normalized spacial score (nSPS) is 24.7. The fourth-order valence-electron chi connectivity index (χ4n) is 3.05. The van der Waals surface area contributed by atoms with Gasteiger partial charge < -0.3 is 20.1 Å². The summed E-state index contributed by atoms with van der Waals surface area (Å²) in [6.07, 6.45) is 4.22. The SMILES string of the molecule is Cl.NC1CCC(Oc2cccc(C(=O)N3CCOCC3)c2)CC1. The van der Waals surface area contributed by atoms with Gasteiger partial charge in [0.15, 0.2) is 0 Å². The van der Waals surface area contributed by atoms with Crippen LogP contribution in [0.1, 0.15) is 36.0 Å². The lowest BCUT2D eigenvalue weighted by atomic mass is 9.94. The molecule has 0 atom stereocenters. The Bertz CT molecular complexity index is 512. The van der Waals surface area contributed by atoms with Crippen molar-refractivity contribution >= 4 is 18.3 Å². The molecule has 0 aromatic heterocycles. The Morgan fingerprint density at radius 3 is 2.57 bits per heavy atom. The number of halogens is 1. The fourth-order valence-corrected chi connectivity index (χ4v) is 3.05. The highest BCUT2D eigenvalue weighted by Gasteiger charge is 2.21. The molecule has 0 spiro atoms. The minimum absolute atomic E-state index is 0. The molecule has 1 aromatic carbocycles. The molecule has 0 unspecified atom stereocenters. The van der Waals surface area contributed by atoms with E-state index in [4.69, 9.17) is 15.2 Å². The van der Waals surface area contributed by atoms with E-state index >= 15 is 0 Å². The van der Waals surface area contributed by atoms with Crippen LogP contribution in [-0.2, 0) is 4.74 Å². The van der Waals surface area contributed by atoms with Gasteiger partial charge in [0, 0.05) is 24.7 Å². The lowest BCUT2D eigenvalue weighted by molar-refractivity contribution is 0.0302. The first-order valence-electron chi connectivity index (χ1n) is 8.12. The number of carbonyl (C=O) groups is 1. The van der Waals surface area contributed by atoms with Crippen LogP contribution in [0, 0.1) is 0 Å². The van der Waals surface area contributed by atoms with Gasteiger partial charge in [-0.2, -0.15) is 0 Å². The Kier molecular flexibility index (Phi) is 6.69. The highest BCUT2D eigenvalue weighted by atomic mass is 35.5. The maximum absolute atomic E-state index is 12.5. The van der Waals surface area contributed by atoms with Crippen molar-refractivity contribution in [2.45, 2.75) is 37.8 Å². The Hall–Kier alpha value is -1.30. The zero-order chi connectivity index (χ0) is 15.4. The van der Waals surface area contributed by atoms with Crippen LogP contribution in [0.5, 0.6) is 5.75 Å². The predicted molar refractivity (Wildman–Crippen MR) is 91.3 cm³/mol. The molecule has 0 bridgehead atoms. The van der Waals surface area contributed by atoms with Crippen LogP contribution < -0.4 is 10.5 Å². The van der Waals surface area contributed by atoms with Crippen molar-refractivity contribution in [3.63, 3.8) is 0 Å². The van der Waals surface area contributed by atoms with Crippen LogP contribution in [0.4, 0.5) is 0 Å². The lowest BCUT2D eigenvalue weighted by Crippen LogP contribution is -2.40. The zero-order valence-electron chi connectivity index (χ0n) is 13.3. The number of rotatable bonds is 3. The molecule has 128 valence electrons. The van der Waals surface area contributed by atoms with Crippen LogP contribution in [0.25, 0.3) is 0 Å². The first-order valence-corrected chi connectivity index (χ1v) is 8.12. The summed E-state index contributed by atoms with van der Waals surface area (Å²) in [7, 11) is 0. The van der Waals surface area contributed by atoms with Gasteiger partial charge in [0.1, 0.15) is 5.75 Å². The third kappa shape index (κ3) is 4.83. The first kappa shape index (κ1) is 18.0. The average molecular weight is 341 g/mol. The fraction of sp³-hybridized carbons (Fsp3) is 0.588. The highest BCUT2D eigenvalue weighted by Crippen LogP contribution is 2.24. The van der Waals surface area contributed by atoms with Crippen molar-refractivity contribution in [3.8, 4) is 5.75 Å². The van der Waals surface area contributed by atoms with E-state index in [9.17, 15) is 4.79 Å². The third-order valence-electron chi connectivity index (χ3n) is 4.40. The summed E-state index contributed by atoms with van der Waals surface area (Å²) in [5.74, 6) is 0.832. The number of ether oxygens (including phenoxy) is 2. The molecule has 23 heavy (non-hydrogen) atoms. The second-order valence-corrected chi connectivity index (χ2v) is 6.09. The van der Waals surface area contributed by atoms with Crippen LogP contribution >= 0.6 is 12.4 Å². The molecule has 1 amide bonds. The summed E-state index contributed by atoms with van der Waals surface area (Å²) in [4.78, 5) is 14.3. The third-order valence-corrected chi connectivity index (χ3v) is 4.40. The van der Waals surface area contributed by atoms with Crippen molar-refractivity contribution in [2.75, 3.05) is 26.3 Å². The van der Waals surface area contributed by atoms with E-state index in [1.54, 1.807) is 0 Å². The minimum atomic E-state index is 0. The summed E-state index contributed by atoms with van der Waals surface area (Å²) in [5.41, 5.74) is 6.61. The second kappa shape index (κ2) is 8.52. The smallest absolute Gasteiger partial charge is 0.254 e. The van der Waals surface area contributed by atoms with Gasteiger partial charge in [-0.15, -0.1) is 12.4 Å². The molecule has 5 nitrogen and oxygen atoms in total. The number of benzene rings is 1. The van der Waals surface area contributed by atoms with Gasteiger partial charge in [0.2, 0.25) is 0 Å². The van der Waals surface area contributed by atoms with Crippen molar-refractivity contribution < 1.29 is 14.3 Å². The molecule has 6 heteroatoms. The summed E-state index contributed by atoms with van der Waals surface area (Å²) < 4.78 is 11.3. The molecule has 2 fully saturated rings. The van der Waals surface area contributed by atoms with E-state index in [0.29, 0.717) is 37.9 Å². The van der Waals surface area contributed by atoms with E-state index in [1.807, 2.05) is 29.2 Å². The number of morpholine rings is 1. The molecule has 1 heterocycles. The molecule has 1 saturated carbocycles. The molecule has 1 aromatic rings. The molecule has 3 rings (SSSR count). The molecule has 2 aliphatic rings. The number of hydrogen-bond donors (Lipinski definition) is 1. The number of carbonyl (C=O) groups excluding carboxylic acids is 1. The van der Waals surface area contributed by atoms with Crippen molar-refractivity contribution in [3.05, 3.63) is 29.8 Å². The van der Waals surface area contributed by atoms with Crippen LogP contribution in [0.3, 0.4) is 0 Å². The number of amides is 1. The number of hydrogen-bond acceptors (Lipinski definition) is 4. The summed E-state index contributed by atoms with van der Waals surface area (Å²) in [6.45, 7) is 2.55. The Morgan fingerprint density at radius 2 is 1.87 bits per heavy atom. The maximum Gasteiger partial charge on any atom is 0.254 e. The number of nitrogens with two attached hydrogens (primary N) is 1. The molecular formula is C17H25ClN2O3. The molecule has 1 saturated heterocycles. The molecule has 0 radical (unpaired) electrons. The van der Waals surface area contributed by atoms with E-state index in [-0.39, 0.29) is 24.4 Å². The highest BCUT2D eigenvalue weighted by molar-refractivity contribution is 5.94. The van der Waals surface area contributed by atoms with Gasteiger partial charge in [-0.1, -0.05) is 6.07 Å². The second-order valence-electron chi connectivity index (χ2n) is 6.09. The Morgan fingerprint density at radius 1 is 1.17 bits per heavy atom.